The van der Waals surface area contributed by atoms with Gasteiger partial charge in [-0.05, 0) is 46.3 Å². The van der Waals surface area contributed by atoms with Crippen LogP contribution in [0.25, 0.3) is 0 Å². The van der Waals surface area contributed by atoms with Crippen LogP contribution in [0.15, 0.2) is 40.9 Å². The minimum atomic E-state index is -0.629. The zero-order valence-corrected chi connectivity index (χ0v) is 14.0. The number of methoxy groups -OCH3 is 1. The molecule has 0 radical (unpaired) electrons. The lowest BCUT2D eigenvalue weighted by molar-refractivity contribution is -0.384. The third-order valence-corrected chi connectivity index (χ3v) is 3.55. The zero-order chi connectivity index (χ0) is 17.7. The third kappa shape index (κ3) is 4.42. The van der Waals surface area contributed by atoms with Crippen LogP contribution >= 0.6 is 15.9 Å². The van der Waals surface area contributed by atoms with Crippen molar-refractivity contribution >= 4 is 33.2 Å². The summed E-state index contributed by atoms with van der Waals surface area (Å²) in [6.45, 7) is -0.395. The summed E-state index contributed by atoms with van der Waals surface area (Å²) in [6.07, 6.45) is 0. The molecule has 24 heavy (non-hydrogen) atoms. The maximum Gasteiger partial charge on any atom is 0.296 e. The second kappa shape index (κ2) is 7.73. The molecule has 0 aliphatic heterocycles. The van der Waals surface area contributed by atoms with Crippen LogP contribution in [0, 0.1) is 15.9 Å². The Kier molecular flexibility index (Phi) is 5.69. The molecule has 0 heterocycles. The number of ether oxygens (including phenoxy) is 2. The SMILES string of the molecule is COc1ccc(NC(=O)COc2ccc(F)cc2Br)c([N+](=O)[O-])c1. The van der Waals surface area contributed by atoms with E-state index in [1.54, 1.807) is 0 Å². The zero-order valence-electron chi connectivity index (χ0n) is 12.4. The molecule has 0 aliphatic carbocycles. The van der Waals surface area contributed by atoms with Gasteiger partial charge in [0, 0.05) is 0 Å². The van der Waals surface area contributed by atoms with Crippen LogP contribution in [-0.2, 0) is 4.79 Å². The molecule has 0 atom stereocenters. The third-order valence-electron chi connectivity index (χ3n) is 2.93. The fraction of sp³-hybridized carbons (Fsp3) is 0.133. The van der Waals surface area contributed by atoms with E-state index in [-0.39, 0.29) is 17.1 Å². The Balaban J connectivity index is 2.05. The normalized spacial score (nSPS) is 10.1. The van der Waals surface area contributed by atoms with Gasteiger partial charge in [0.1, 0.15) is 23.0 Å². The van der Waals surface area contributed by atoms with Gasteiger partial charge in [-0.15, -0.1) is 0 Å². The molecular formula is C15H12BrFN2O5. The lowest BCUT2D eigenvalue weighted by Crippen LogP contribution is -2.20. The van der Waals surface area contributed by atoms with Crippen LogP contribution < -0.4 is 14.8 Å². The van der Waals surface area contributed by atoms with E-state index in [4.69, 9.17) is 9.47 Å². The number of nitrogens with one attached hydrogen (secondary N) is 1. The molecule has 2 aromatic rings. The average Bonchev–Trinajstić information content (AvgIpc) is 2.54. The second-order valence-electron chi connectivity index (χ2n) is 4.55. The predicted molar refractivity (Wildman–Crippen MR) is 87.9 cm³/mol. The van der Waals surface area contributed by atoms with E-state index in [1.807, 2.05) is 0 Å². The quantitative estimate of drug-likeness (QED) is 0.593. The molecule has 0 saturated heterocycles. The minimum absolute atomic E-state index is 0.0209. The first-order valence-electron chi connectivity index (χ1n) is 6.61. The molecule has 9 heteroatoms. The van der Waals surface area contributed by atoms with E-state index in [0.717, 1.165) is 0 Å². The monoisotopic (exact) mass is 398 g/mol. The number of nitrogens with zero attached hydrogens (tertiary/aromatic N) is 1. The molecule has 0 bridgehead atoms. The summed E-state index contributed by atoms with van der Waals surface area (Å²) < 4.78 is 23.5. The fourth-order valence-electron chi connectivity index (χ4n) is 1.82. The molecule has 0 aromatic heterocycles. The number of carbonyl (C=O) groups excluding carboxylic acids is 1. The lowest BCUT2D eigenvalue weighted by atomic mass is 10.2. The number of carbonyl (C=O) groups is 1. The Morgan fingerprint density at radius 1 is 1.33 bits per heavy atom. The molecule has 1 amide bonds. The highest BCUT2D eigenvalue weighted by Crippen LogP contribution is 2.29. The van der Waals surface area contributed by atoms with Crippen molar-refractivity contribution in [3.8, 4) is 11.5 Å². The van der Waals surface area contributed by atoms with E-state index in [9.17, 15) is 19.3 Å². The summed E-state index contributed by atoms with van der Waals surface area (Å²) >= 11 is 3.11. The number of anilines is 1. The number of nitro benzene ring substituents is 1. The van der Waals surface area contributed by atoms with E-state index >= 15 is 0 Å². The van der Waals surface area contributed by atoms with Gasteiger partial charge in [-0.3, -0.25) is 14.9 Å². The lowest BCUT2D eigenvalue weighted by Gasteiger charge is -2.10. The van der Waals surface area contributed by atoms with Gasteiger partial charge in [0.2, 0.25) is 0 Å². The van der Waals surface area contributed by atoms with Crippen molar-refractivity contribution in [1.82, 2.24) is 0 Å². The molecule has 0 spiro atoms. The van der Waals surface area contributed by atoms with E-state index in [0.29, 0.717) is 10.2 Å². The summed E-state index contributed by atoms with van der Waals surface area (Å²) in [5, 5.41) is 13.4. The van der Waals surface area contributed by atoms with Crippen molar-refractivity contribution in [3.63, 3.8) is 0 Å². The van der Waals surface area contributed by atoms with Gasteiger partial charge in [-0.1, -0.05) is 0 Å². The number of halogens is 2. The molecular weight excluding hydrogens is 387 g/mol. The maximum atomic E-state index is 13.0. The van der Waals surface area contributed by atoms with Gasteiger partial charge in [0.05, 0.1) is 22.6 Å². The van der Waals surface area contributed by atoms with Gasteiger partial charge >= 0.3 is 0 Å². The molecule has 0 fully saturated rings. The van der Waals surface area contributed by atoms with Gasteiger partial charge in [-0.2, -0.15) is 0 Å². The summed E-state index contributed by atoms with van der Waals surface area (Å²) in [4.78, 5) is 22.3. The Morgan fingerprint density at radius 2 is 2.08 bits per heavy atom. The molecule has 7 nitrogen and oxygen atoms in total. The first-order chi connectivity index (χ1) is 11.4. The Labute approximate surface area is 144 Å². The molecule has 2 aromatic carbocycles. The molecule has 0 saturated carbocycles. The number of hydrogen-bond acceptors (Lipinski definition) is 5. The first kappa shape index (κ1) is 17.7. The van der Waals surface area contributed by atoms with Crippen LogP contribution in [-0.4, -0.2) is 24.5 Å². The van der Waals surface area contributed by atoms with Crippen molar-refractivity contribution in [2.75, 3.05) is 19.0 Å². The van der Waals surface area contributed by atoms with Gasteiger partial charge in [0.25, 0.3) is 11.6 Å². The van der Waals surface area contributed by atoms with Gasteiger partial charge in [0.15, 0.2) is 6.61 Å². The van der Waals surface area contributed by atoms with Crippen molar-refractivity contribution in [2.45, 2.75) is 0 Å². The summed E-state index contributed by atoms with van der Waals surface area (Å²) in [5.74, 6) is -0.478. The average molecular weight is 399 g/mol. The Hall–Kier alpha value is -2.68. The number of amides is 1. The van der Waals surface area contributed by atoms with Crippen LogP contribution in [0.4, 0.5) is 15.8 Å². The van der Waals surface area contributed by atoms with Crippen LogP contribution in [0.5, 0.6) is 11.5 Å². The van der Waals surface area contributed by atoms with Crippen molar-refractivity contribution in [3.05, 3.63) is 56.8 Å². The van der Waals surface area contributed by atoms with E-state index < -0.39 is 23.3 Å². The van der Waals surface area contributed by atoms with Crippen LogP contribution in [0.2, 0.25) is 0 Å². The molecule has 126 valence electrons. The highest BCUT2D eigenvalue weighted by molar-refractivity contribution is 9.10. The maximum absolute atomic E-state index is 13.0. The topological polar surface area (TPSA) is 90.7 Å². The Morgan fingerprint density at radius 3 is 2.71 bits per heavy atom. The summed E-state index contributed by atoms with van der Waals surface area (Å²) in [5.41, 5.74) is -0.279. The largest absolute Gasteiger partial charge is 0.496 e. The molecule has 0 aliphatic rings. The van der Waals surface area contributed by atoms with Gasteiger partial charge in [-0.25, -0.2) is 4.39 Å². The van der Waals surface area contributed by atoms with Crippen molar-refractivity contribution < 1.29 is 23.6 Å². The van der Waals surface area contributed by atoms with Crippen LogP contribution in [0.3, 0.4) is 0 Å². The molecule has 0 unspecified atom stereocenters. The highest BCUT2D eigenvalue weighted by Gasteiger charge is 2.17. The number of nitro groups is 1. The Bertz CT molecular complexity index is 784. The highest BCUT2D eigenvalue weighted by atomic mass is 79.9. The van der Waals surface area contributed by atoms with Crippen molar-refractivity contribution in [1.29, 1.82) is 0 Å². The number of rotatable bonds is 6. The molecule has 1 N–H and O–H groups in total. The first-order valence-corrected chi connectivity index (χ1v) is 7.40. The van der Waals surface area contributed by atoms with E-state index in [2.05, 4.69) is 21.2 Å². The van der Waals surface area contributed by atoms with Crippen molar-refractivity contribution in [2.24, 2.45) is 0 Å². The van der Waals surface area contributed by atoms with E-state index in [1.165, 1.54) is 43.5 Å². The standard InChI is InChI=1S/C15H12BrFN2O5/c1-23-10-3-4-12(13(7-10)19(21)22)18-15(20)8-24-14-5-2-9(17)6-11(14)16/h2-7H,8H2,1H3,(H,18,20). The smallest absolute Gasteiger partial charge is 0.296 e. The number of hydrogen-bond donors (Lipinski definition) is 1. The summed E-state index contributed by atoms with van der Waals surface area (Å²) in [7, 11) is 1.38. The van der Waals surface area contributed by atoms with Crippen LogP contribution in [0.1, 0.15) is 0 Å². The fourth-order valence-corrected chi connectivity index (χ4v) is 2.28. The number of benzene rings is 2. The minimum Gasteiger partial charge on any atom is -0.496 e. The molecule has 2 rings (SSSR count). The summed E-state index contributed by atoms with van der Waals surface area (Å²) in [6, 6.07) is 7.80. The second-order valence-corrected chi connectivity index (χ2v) is 5.41. The predicted octanol–water partition coefficient (Wildman–Crippen LogP) is 3.52. The van der Waals surface area contributed by atoms with Gasteiger partial charge < -0.3 is 14.8 Å².